The summed E-state index contributed by atoms with van der Waals surface area (Å²) in [7, 11) is -1.76. The molecule has 0 aliphatic carbocycles. The standard InChI is InChI=1S/C11H18N2O3S/c1-16-6-3-7-17(14,15)13-11-5-2-4-10(8-11)9-12/h2,4-5,8,13H,3,6-7,9,12H2,1H3. The molecular formula is C11H18N2O3S. The predicted octanol–water partition coefficient (Wildman–Crippen LogP) is 0.924. The highest BCUT2D eigenvalue weighted by atomic mass is 32.2. The van der Waals surface area contributed by atoms with Crippen LogP contribution in [0.2, 0.25) is 0 Å². The molecular weight excluding hydrogens is 240 g/mol. The van der Waals surface area contributed by atoms with Crippen molar-refractivity contribution in [2.75, 3.05) is 24.2 Å². The molecule has 6 heteroatoms. The van der Waals surface area contributed by atoms with Crippen molar-refractivity contribution < 1.29 is 13.2 Å². The Labute approximate surface area is 102 Å². The van der Waals surface area contributed by atoms with Gasteiger partial charge in [0.2, 0.25) is 10.0 Å². The lowest BCUT2D eigenvalue weighted by molar-refractivity contribution is 0.199. The largest absolute Gasteiger partial charge is 0.385 e. The van der Waals surface area contributed by atoms with E-state index in [1.807, 2.05) is 6.07 Å². The number of hydrogen-bond acceptors (Lipinski definition) is 4. The van der Waals surface area contributed by atoms with E-state index in [-0.39, 0.29) is 5.75 Å². The Balaban J connectivity index is 2.62. The maximum atomic E-state index is 11.7. The minimum atomic E-state index is -3.30. The highest BCUT2D eigenvalue weighted by molar-refractivity contribution is 7.92. The molecule has 0 saturated heterocycles. The van der Waals surface area contributed by atoms with Gasteiger partial charge in [0.15, 0.2) is 0 Å². The second-order valence-electron chi connectivity index (χ2n) is 3.67. The Bertz CT molecular complexity index is 446. The molecule has 0 unspecified atom stereocenters. The van der Waals surface area contributed by atoms with Crippen molar-refractivity contribution in [1.82, 2.24) is 0 Å². The second kappa shape index (κ2) is 6.58. The first kappa shape index (κ1) is 14.0. The van der Waals surface area contributed by atoms with Gasteiger partial charge in [-0.1, -0.05) is 12.1 Å². The molecule has 0 aliphatic heterocycles. The summed E-state index contributed by atoms with van der Waals surface area (Å²) in [5.41, 5.74) is 6.92. The highest BCUT2D eigenvalue weighted by Gasteiger charge is 2.09. The Kier molecular flexibility index (Phi) is 5.40. The fraction of sp³-hybridized carbons (Fsp3) is 0.455. The number of methoxy groups -OCH3 is 1. The van der Waals surface area contributed by atoms with Crippen LogP contribution in [0.1, 0.15) is 12.0 Å². The zero-order valence-corrected chi connectivity index (χ0v) is 10.7. The van der Waals surface area contributed by atoms with Gasteiger partial charge in [-0.25, -0.2) is 8.42 Å². The fourth-order valence-corrected chi connectivity index (χ4v) is 2.47. The topological polar surface area (TPSA) is 81.4 Å². The number of benzene rings is 1. The van der Waals surface area contributed by atoms with Crippen LogP contribution >= 0.6 is 0 Å². The number of rotatable bonds is 7. The second-order valence-corrected chi connectivity index (χ2v) is 5.51. The Morgan fingerprint density at radius 3 is 2.82 bits per heavy atom. The molecule has 0 atom stereocenters. The predicted molar refractivity (Wildman–Crippen MR) is 68.2 cm³/mol. The summed E-state index contributed by atoms with van der Waals surface area (Å²) in [6.45, 7) is 0.822. The number of nitrogens with two attached hydrogens (primary N) is 1. The van der Waals surface area contributed by atoms with Crippen molar-refractivity contribution in [3.05, 3.63) is 29.8 Å². The zero-order valence-electron chi connectivity index (χ0n) is 9.85. The van der Waals surface area contributed by atoms with Gasteiger partial charge in [-0.15, -0.1) is 0 Å². The van der Waals surface area contributed by atoms with E-state index in [1.165, 1.54) is 0 Å². The number of nitrogens with one attached hydrogen (secondary N) is 1. The van der Waals surface area contributed by atoms with E-state index in [0.29, 0.717) is 25.3 Å². The van der Waals surface area contributed by atoms with Gasteiger partial charge in [0.1, 0.15) is 0 Å². The first-order valence-corrected chi connectivity index (χ1v) is 7.01. The molecule has 0 aliphatic rings. The van der Waals surface area contributed by atoms with Crippen LogP contribution in [-0.2, 0) is 21.3 Å². The maximum absolute atomic E-state index is 11.7. The van der Waals surface area contributed by atoms with Crippen LogP contribution in [-0.4, -0.2) is 27.9 Å². The van der Waals surface area contributed by atoms with Gasteiger partial charge in [0, 0.05) is 25.9 Å². The van der Waals surface area contributed by atoms with Crippen LogP contribution in [0, 0.1) is 0 Å². The fourth-order valence-electron chi connectivity index (χ4n) is 1.39. The molecule has 1 rings (SSSR count). The van der Waals surface area contributed by atoms with Crippen LogP contribution in [0.25, 0.3) is 0 Å². The molecule has 0 amide bonds. The van der Waals surface area contributed by atoms with E-state index in [4.69, 9.17) is 10.5 Å². The summed E-state index contributed by atoms with van der Waals surface area (Å²) >= 11 is 0. The lowest BCUT2D eigenvalue weighted by Crippen LogP contribution is -2.17. The van der Waals surface area contributed by atoms with Crippen LogP contribution < -0.4 is 10.5 Å². The lowest BCUT2D eigenvalue weighted by Gasteiger charge is -2.08. The first-order valence-electron chi connectivity index (χ1n) is 5.36. The molecule has 0 spiro atoms. The minimum absolute atomic E-state index is 0.0493. The van der Waals surface area contributed by atoms with Crippen molar-refractivity contribution in [2.24, 2.45) is 5.73 Å². The molecule has 17 heavy (non-hydrogen) atoms. The molecule has 5 nitrogen and oxygen atoms in total. The van der Waals surface area contributed by atoms with E-state index < -0.39 is 10.0 Å². The Hall–Kier alpha value is -1.11. The molecule has 0 bridgehead atoms. The molecule has 0 saturated carbocycles. The summed E-state index contributed by atoms with van der Waals surface area (Å²) < 4.78 is 30.7. The van der Waals surface area contributed by atoms with Crippen molar-refractivity contribution in [2.45, 2.75) is 13.0 Å². The molecule has 0 aromatic heterocycles. The Morgan fingerprint density at radius 2 is 2.18 bits per heavy atom. The number of sulfonamides is 1. The molecule has 3 N–H and O–H groups in total. The number of ether oxygens (including phenoxy) is 1. The van der Waals surface area contributed by atoms with Gasteiger partial charge >= 0.3 is 0 Å². The van der Waals surface area contributed by atoms with E-state index in [9.17, 15) is 8.42 Å². The van der Waals surface area contributed by atoms with Gasteiger partial charge in [-0.3, -0.25) is 4.72 Å². The van der Waals surface area contributed by atoms with Crippen molar-refractivity contribution in [3.63, 3.8) is 0 Å². The normalized spacial score (nSPS) is 11.4. The van der Waals surface area contributed by atoms with Crippen LogP contribution in [0.3, 0.4) is 0 Å². The first-order chi connectivity index (χ1) is 8.07. The molecule has 1 aromatic carbocycles. The average Bonchev–Trinajstić information content (AvgIpc) is 2.29. The minimum Gasteiger partial charge on any atom is -0.385 e. The summed E-state index contributed by atoms with van der Waals surface area (Å²) in [5, 5.41) is 0. The van der Waals surface area contributed by atoms with Gasteiger partial charge in [0.25, 0.3) is 0 Å². The van der Waals surface area contributed by atoms with E-state index in [1.54, 1.807) is 25.3 Å². The maximum Gasteiger partial charge on any atom is 0.232 e. The third kappa shape index (κ3) is 5.16. The van der Waals surface area contributed by atoms with Crippen molar-refractivity contribution in [3.8, 4) is 0 Å². The van der Waals surface area contributed by atoms with Gasteiger partial charge < -0.3 is 10.5 Å². The van der Waals surface area contributed by atoms with E-state index in [0.717, 1.165) is 5.56 Å². The summed E-state index contributed by atoms with van der Waals surface area (Å²) in [6, 6.07) is 7.05. The highest BCUT2D eigenvalue weighted by Crippen LogP contribution is 2.12. The van der Waals surface area contributed by atoms with Crippen molar-refractivity contribution >= 4 is 15.7 Å². The van der Waals surface area contributed by atoms with Gasteiger partial charge in [-0.2, -0.15) is 0 Å². The third-order valence-electron chi connectivity index (χ3n) is 2.20. The molecule has 96 valence electrons. The summed E-state index contributed by atoms with van der Waals surface area (Å²) in [4.78, 5) is 0. The number of anilines is 1. The third-order valence-corrected chi connectivity index (χ3v) is 3.57. The zero-order chi connectivity index (χ0) is 12.7. The molecule has 0 radical (unpaired) electrons. The smallest absolute Gasteiger partial charge is 0.232 e. The molecule has 1 aromatic rings. The number of hydrogen-bond donors (Lipinski definition) is 2. The van der Waals surface area contributed by atoms with Crippen LogP contribution in [0.4, 0.5) is 5.69 Å². The quantitative estimate of drug-likeness (QED) is 0.713. The van der Waals surface area contributed by atoms with E-state index >= 15 is 0 Å². The summed E-state index contributed by atoms with van der Waals surface area (Å²) in [6.07, 6.45) is 0.475. The monoisotopic (exact) mass is 258 g/mol. The lowest BCUT2D eigenvalue weighted by atomic mass is 10.2. The van der Waals surface area contributed by atoms with Crippen molar-refractivity contribution in [1.29, 1.82) is 0 Å². The molecule has 0 heterocycles. The van der Waals surface area contributed by atoms with Gasteiger partial charge in [-0.05, 0) is 24.1 Å². The SMILES string of the molecule is COCCCS(=O)(=O)Nc1cccc(CN)c1. The Morgan fingerprint density at radius 1 is 1.41 bits per heavy atom. The van der Waals surface area contributed by atoms with E-state index in [2.05, 4.69) is 4.72 Å². The summed E-state index contributed by atoms with van der Waals surface area (Å²) in [5.74, 6) is 0.0493. The average molecular weight is 258 g/mol. The molecule has 0 fully saturated rings. The van der Waals surface area contributed by atoms with Crippen LogP contribution in [0.15, 0.2) is 24.3 Å². The van der Waals surface area contributed by atoms with Crippen LogP contribution in [0.5, 0.6) is 0 Å². The van der Waals surface area contributed by atoms with Gasteiger partial charge in [0.05, 0.1) is 5.75 Å².